The largest absolute Gasteiger partial charge is 0.504 e. The van der Waals surface area contributed by atoms with E-state index in [1.165, 1.54) is 0 Å². The van der Waals surface area contributed by atoms with Crippen LogP contribution in [0.1, 0.15) is 42.0 Å². The number of ether oxygens (including phenoxy) is 1. The van der Waals surface area contributed by atoms with Crippen molar-refractivity contribution < 1.29 is 19.7 Å². The van der Waals surface area contributed by atoms with Crippen molar-refractivity contribution in [1.29, 1.82) is 0 Å². The Morgan fingerprint density at radius 3 is 2.89 bits per heavy atom. The van der Waals surface area contributed by atoms with Gasteiger partial charge in [0.25, 0.3) is 0 Å². The Bertz CT molecular complexity index is 1300. The molecule has 2 aliphatic carbocycles. The van der Waals surface area contributed by atoms with Gasteiger partial charge in [0, 0.05) is 31.3 Å². The van der Waals surface area contributed by atoms with Gasteiger partial charge in [-0.1, -0.05) is 48.9 Å². The highest BCUT2D eigenvalue weighted by atomic mass is 16.5. The molecule has 0 aromatic heterocycles. The van der Waals surface area contributed by atoms with E-state index in [9.17, 15) is 15.0 Å². The number of piperidine rings is 1. The number of hydrogen-bond donors (Lipinski definition) is 2. The molecule has 6 nitrogen and oxygen atoms in total. The lowest BCUT2D eigenvalue weighted by Crippen LogP contribution is -2.79. The van der Waals surface area contributed by atoms with Crippen molar-refractivity contribution in [2.45, 2.75) is 62.3 Å². The van der Waals surface area contributed by atoms with Crippen molar-refractivity contribution in [3.8, 4) is 11.5 Å². The molecule has 1 spiro atoms. The van der Waals surface area contributed by atoms with Crippen LogP contribution in [-0.4, -0.2) is 69.8 Å². The minimum atomic E-state index is -1.03. The number of likely N-dealkylation sites (tertiary alicyclic amines) is 1. The van der Waals surface area contributed by atoms with Gasteiger partial charge in [-0.25, -0.2) is 0 Å². The van der Waals surface area contributed by atoms with Gasteiger partial charge in [0.15, 0.2) is 11.5 Å². The quantitative estimate of drug-likeness (QED) is 0.482. The molecule has 2 fully saturated rings. The lowest BCUT2D eigenvalue weighted by Gasteiger charge is -2.65. The van der Waals surface area contributed by atoms with Crippen molar-refractivity contribution in [2.24, 2.45) is 5.92 Å². The van der Waals surface area contributed by atoms with Crippen molar-refractivity contribution in [1.82, 2.24) is 9.80 Å². The van der Waals surface area contributed by atoms with Gasteiger partial charge in [-0.15, -0.1) is 6.58 Å². The van der Waals surface area contributed by atoms with E-state index in [4.69, 9.17) is 4.74 Å². The maximum atomic E-state index is 13.5. The number of hydrogen-bond acceptors (Lipinski definition) is 5. The normalized spacial score (nSPS) is 33.6. The molecule has 2 aromatic rings. The average molecular weight is 501 g/mol. The summed E-state index contributed by atoms with van der Waals surface area (Å²) in [6, 6.07) is 11.4. The summed E-state index contributed by atoms with van der Waals surface area (Å²) in [6.07, 6.45) is 6.90. The fourth-order valence-electron chi connectivity index (χ4n) is 8.05. The van der Waals surface area contributed by atoms with E-state index >= 15 is 0 Å². The number of rotatable bonds is 5. The third-order valence-corrected chi connectivity index (χ3v) is 9.52. The smallest absolute Gasteiger partial charge is 0.246 e. The van der Waals surface area contributed by atoms with Gasteiger partial charge in [-0.05, 0) is 61.9 Å². The monoisotopic (exact) mass is 500 g/mol. The topological polar surface area (TPSA) is 73.2 Å². The lowest BCUT2D eigenvalue weighted by molar-refractivity contribution is -0.210. The van der Waals surface area contributed by atoms with E-state index in [1.54, 1.807) is 17.0 Å². The zero-order valence-electron chi connectivity index (χ0n) is 21.9. The molecule has 4 aliphatic rings. The summed E-state index contributed by atoms with van der Waals surface area (Å²) < 4.78 is 6.64. The zero-order valence-corrected chi connectivity index (χ0v) is 21.9. The standard InChI is InChI=1S/C31H36N2O4/c1-5-14-33-15-13-30-26-22-10-11-23(34)28(26)37-29(30)27(20(3)18-31(30,36)24(33)17-22)32(4)25(35)12-9-21-8-6-7-19(2)16-21/h5-12,16,20,24,27,29,34,36H,1,13-15,17-18H2,2-4H3/t20-,24+,27-,29-,30-,31+/m0/s1. The van der Waals surface area contributed by atoms with Crippen LogP contribution in [0.3, 0.4) is 0 Å². The van der Waals surface area contributed by atoms with Crippen LogP contribution in [-0.2, 0) is 16.6 Å². The third kappa shape index (κ3) is 3.28. The summed E-state index contributed by atoms with van der Waals surface area (Å²) in [6.45, 7) is 9.61. The molecule has 194 valence electrons. The van der Waals surface area contributed by atoms with Gasteiger partial charge in [0.2, 0.25) is 5.91 Å². The molecule has 2 aromatic carbocycles. The van der Waals surface area contributed by atoms with Gasteiger partial charge in [-0.2, -0.15) is 0 Å². The Hall–Kier alpha value is -3.09. The Labute approximate surface area is 218 Å². The molecular formula is C31H36N2O4. The number of phenols is 1. The number of nitrogens with zero attached hydrogens (tertiary/aromatic N) is 2. The zero-order chi connectivity index (χ0) is 26.1. The van der Waals surface area contributed by atoms with Crippen LogP contribution in [0.15, 0.2) is 55.1 Å². The lowest BCUT2D eigenvalue weighted by atomic mass is 9.46. The summed E-state index contributed by atoms with van der Waals surface area (Å²) in [4.78, 5) is 17.6. The average Bonchev–Trinajstić information content (AvgIpc) is 3.20. The van der Waals surface area contributed by atoms with E-state index in [1.807, 2.05) is 56.5 Å². The second-order valence-electron chi connectivity index (χ2n) is 11.5. The van der Waals surface area contributed by atoms with E-state index in [0.29, 0.717) is 25.0 Å². The summed E-state index contributed by atoms with van der Waals surface area (Å²) in [5.74, 6) is 0.498. The van der Waals surface area contributed by atoms with E-state index < -0.39 is 17.1 Å². The number of carbonyl (C=O) groups excluding carboxylic acids is 1. The van der Waals surface area contributed by atoms with Crippen molar-refractivity contribution in [3.05, 3.63) is 77.4 Å². The SMILES string of the molecule is C=CCN1CC[C@]23c4c5ccc(O)c4O[C@H]2[C@@H](N(C)C(=O)C=Cc2cccc(C)c2)[C@@H](C)C[C@@]3(O)[C@H]1C5. The molecular weight excluding hydrogens is 464 g/mol. The molecule has 2 heterocycles. The van der Waals surface area contributed by atoms with Crippen LogP contribution in [0.25, 0.3) is 6.08 Å². The fraction of sp³-hybridized carbons (Fsp3) is 0.452. The Morgan fingerprint density at radius 1 is 1.32 bits per heavy atom. The number of amides is 1. The van der Waals surface area contributed by atoms with Crippen molar-refractivity contribution in [2.75, 3.05) is 20.1 Å². The van der Waals surface area contributed by atoms with Crippen molar-refractivity contribution >= 4 is 12.0 Å². The first-order chi connectivity index (χ1) is 17.7. The molecule has 6 rings (SSSR count). The fourth-order valence-corrected chi connectivity index (χ4v) is 8.05. The number of carbonyl (C=O) groups is 1. The first-order valence-electron chi connectivity index (χ1n) is 13.3. The van der Waals surface area contributed by atoms with Gasteiger partial charge < -0.3 is 19.8 Å². The van der Waals surface area contributed by atoms with E-state index in [0.717, 1.165) is 35.3 Å². The summed E-state index contributed by atoms with van der Waals surface area (Å²) >= 11 is 0. The number of aliphatic hydroxyl groups is 1. The highest BCUT2D eigenvalue weighted by Crippen LogP contribution is 2.66. The molecule has 37 heavy (non-hydrogen) atoms. The highest BCUT2D eigenvalue weighted by Gasteiger charge is 2.74. The first kappa shape index (κ1) is 24.3. The van der Waals surface area contributed by atoms with Crippen LogP contribution >= 0.6 is 0 Å². The number of benzene rings is 2. The van der Waals surface area contributed by atoms with Crippen LogP contribution in [0, 0.1) is 12.8 Å². The second kappa shape index (κ2) is 8.47. The van der Waals surface area contributed by atoms with Gasteiger partial charge in [0.05, 0.1) is 17.1 Å². The number of likely N-dealkylation sites (N-methyl/N-ethyl adjacent to an activating group) is 1. The molecule has 2 bridgehead atoms. The summed E-state index contributed by atoms with van der Waals surface area (Å²) in [5.41, 5.74) is 2.51. The molecule has 6 heteroatoms. The van der Waals surface area contributed by atoms with E-state index in [2.05, 4.69) is 18.4 Å². The Morgan fingerprint density at radius 2 is 2.14 bits per heavy atom. The van der Waals surface area contributed by atoms with Crippen LogP contribution in [0.5, 0.6) is 11.5 Å². The number of aromatic hydroxyl groups is 1. The predicted molar refractivity (Wildman–Crippen MR) is 144 cm³/mol. The second-order valence-corrected chi connectivity index (χ2v) is 11.5. The summed E-state index contributed by atoms with van der Waals surface area (Å²) in [5, 5.41) is 23.5. The van der Waals surface area contributed by atoms with Crippen LogP contribution < -0.4 is 4.74 Å². The Kier molecular flexibility index (Phi) is 5.55. The van der Waals surface area contributed by atoms with Gasteiger partial charge >= 0.3 is 0 Å². The molecule has 1 saturated carbocycles. The molecule has 1 amide bonds. The third-order valence-electron chi connectivity index (χ3n) is 9.52. The van der Waals surface area contributed by atoms with Crippen molar-refractivity contribution in [3.63, 3.8) is 0 Å². The van der Waals surface area contributed by atoms with Crippen LogP contribution in [0.4, 0.5) is 0 Å². The predicted octanol–water partition coefficient (Wildman–Crippen LogP) is 3.83. The molecule has 0 unspecified atom stereocenters. The summed E-state index contributed by atoms with van der Waals surface area (Å²) in [7, 11) is 1.84. The first-order valence-corrected chi connectivity index (χ1v) is 13.3. The molecule has 2 N–H and O–H groups in total. The molecule has 2 aliphatic heterocycles. The van der Waals surface area contributed by atoms with Crippen LogP contribution in [0.2, 0.25) is 0 Å². The molecule has 1 saturated heterocycles. The van der Waals surface area contributed by atoms with Gasteiger partial charge in [-0.3, -0.25) is 9.69 Å². The number of phenolic OH excluding ortho intramolecular Hbond substituents is 1. The van der Waals surface area contributed by atoms with E-state index in [-0.39, 0.29) is 29.7 Å². The minimum absolute atomic E-state index is 0.00590. The molecule has 6 atom stereocenters. The Balaban J connectivity index is 1.41. The number of aryl methyl sites for hydroxylation is 1. The highest BCUT2D eigenvalue weighted by molar-refractivity contribution is 5.92. The maximum absolute atomic E-state index is 13.5. The molecule has 0 radical (unpaired) electrons. The maximum Gasteiger partial charge on any atom is 0.246 e. The van der Waals surface area contributed by atoms with Gasteiger partial charge in [0.1, 0.15) is 6.10 Å². The minimum Gasteiger partial charge on any atom is -0.504 e.